The molecule has 0 fully saturated rings. The van der Waals surface area contributed by atoms with E-state index in [1.54, 1.807) is 30.3 Å². The van der Waals surface area contributed by atoms with Crippen LogP contribution in [0.5, 0.6) is 0 Å². The Labute approximate surface area is 201 Å². The molecule has 0 saturated heterocycles. The minimum Gasteiger partial charge on any atom is -0.461 e. The summed E-state index contributed by atoms with van der Waals surface area (Å²) in [7, 11) is 1.61. The number of thioether (sulfide) groups is 1. The van der Waals surface area contributed by atoms with Gasteiger partial charge in [0.2, 0.25) is 0 Å². The molecular weight excluding hydrogens is 460 g/mol. The SMILES string of the molecule is CCOC(=O)c1nnc2c(-c3ccc(Cl)cc3)c(COC)nn2c1CSc1ccc(C)cc1. The number of aromatic nitrogens is 4. The van der Waals surface area contributed by atoms with E-state index in [1.165, 1.54) is 5.56 Å². The van der Waals surface area contributed by atoms with E-state index in [0.717, 1.165) is 16.0 Å². The largest absolute Gasteiger partial charge is 0.461 e. The summed E-state index contributed by atoms with van der Waals surface area (Å²) in [5.74, 6) is -0.0690. The predicted molar refractivity (Wildman–Crippen MR) is 129 cm³/mol. The van der Waals surface area contributed by atoms with Crippen LogP contribution in [0, 0.1) is 6.92 Å². The highest BCUT2D eigenvalue weighted by Gasteiger charge is 2.24. The maximum absolute atomic E-state index is 12.7. The third kappa shape index (κ3) is 5.03. The Morgan fingerprint density at radius 1 is 1.09 bits per heavy atom. The number of carbonyl (C=O) groups excluding carboxylic acids is 1. The van der Waals surface area contributed by atoms with Gasteiger partial charge in [-0.25, -0.2) is 9.31 Å². The molecule has 33 heavy (non-hydrogen) atoms. The summed E-state index contributed by atoms with van der Waals surface area (Å²) >= 11 is 7.67. The van der Waals surface area contributed by atoms with Crippen molar-refractivity contribution in [1.82, 2.24) is 19.8 Å². The molecule has 0 bridgehead atoms. The molecule has 0 aliphatic carbocycles. The second-order valence-corrected chi connectivity index (χ2v) is 8.80. The van der Waals surface area contributed by atoms with Crippen LogP contribution in [0.15, 0.2) is 53.4 Å². The fourth-order valence-corrected chi connectivity index (χ4v) is 4.43. The van der Waals surface area contributed by atoms with Gasteiger partial charge in [0.15, 0.2) is 11.3 Å². The molecule has 4 aromatic rings. The van der Waals surface area contributed by atoms with E-state index in [1.807, 2.05) is 31.2 Å². The van der Waals surface area contributed by atoms with E-state index in [-0.39, 0.29) is 18.9 Å². The van der Waals surface area contributed by atoms with E-state index >= 15 is 0 Å². The zero-order valence-electron chi connectivity index (χ0n) is 18.5. The summed E-state index contributed by atoms with van der Waals surface area (Å²) in [6.45, 7) is 4.32. The van der Waals surface area contributed by atoms with Crippen LogP contribution in [0.3, 0.4) is 0 Å². The number of ether oxygens (including phenoxy) is 2. The number of esters is 1. The Bertz CT molecular complexity index is 1270. The summed E-state index contributed by atoms with van der Waals surface area (Å²) in [6.07, 6.45) is 0. The van der Waals surface area contributed by atoms with Crippen molar-refractivity contribution in [2.45, 2.75) is 31.1 Å². The maximum atomic E-state index is 12.7. The van der Waals surface area contributed by atoms with Crippen LogP contribution in [-0.4, -0.2) is 39.5 Å². The number of carbonyl (C=O) groups is 1. The van der Waals surface area contributed by atoms with Crippen LogP contribution in [0.4, 0.5) is 0 Å². The van der Waals surface area contributed by atoms with Crippen molar-refractivity contribution in [1.29, 1.82) is 0 Å². The number of fused-ring (bicyclic) bond motifs is 1. The maximum Gasteiger partial charge on any atom is 0.360 e. The predicted octanol–water partition coefficient (Wildman–Crippen LogP) is 5.37. The van der Waals surface area contributed by atoms with Crippen molar-refractivity contribution in [2.24, 2.45) is 0 Å². The van der Waals surface area contributed by atoms with Gasteiger partial charge in [0, 0.05) is 22.8 Å². The van der Waals surface area contributed by atoms with Crippen molar-refractivity contribution in [3.63, 3.8) is 0 Å². The second-order valence-electron chi connectivity index (χ2n) is 7.31. The van der Waals surface area contributed by atoms with Crippen LogP contribution in [0.1, 0.15) is 34.4 Å². The van der Waals surface area contributed by atoms with Gasteiger partial charge in [-0.05, 0) is 43.7 Å². The lowest BCUT2D eigenvalue weighted by atomic mass is 10.1. The monoisotopic (exact) mass is 482 g/mol. The van der Waals surface area contributed by atoms with Crippen molar-refractivity contribution >= 4 is 35.0 Å². The molecule has 170 valence electrons. The smallest absolute Gasteiger partial charge is 0.360 e. The zero-order valence-corrected chi connectivity index (χ0v) is 20.1. The fraction of sp³-hybridized carbons (Fsp3) is 0.250. The first-order valence-electron chi connectivity index (χ1n) is 10.4. The molecule has 0 amide bonds. The van der Waals surface area contributed by atoms with E-state index < -0.39 is 5.97 Å². The fourth-order valence-electron chi connectivity index (χ4n) is 3.41. The van der Waals surface area contributed by atoms with Gasteiger partial charge in [-0.3, -0.25) is 0 Å². The topological polar surface area (TPSA) is 78.6 Å². The lowest BCUT2D eigenvalue weighted by Gasteiger charge is -2.10. The molecule has 0 aliphatic rings. The Morgan fingerprint density at radius 2 is 1.82 bits per heavy atom. The molecule has 0 N–H and O–H groups in total. The molecule has 4 rings (SSSR count). The summed E-state index contributed by atoms with van der Waals surface area (Å²) in [4.78, 5) is 13.7. The molecular formula is C24H23ClN4O3S. The lowest BCUT2D eigenvalue weighted by Crippen LogP contribution is -2.16. The van der Waals surface area contributed by atoms with Crippen LogP contribution >= 0.6 is 23.4 Å². The van der Waals surface area contributed by atoms with Crippen LogP contribution < -0.4 is 0 Å². The van der Waals surface area contributed by atoms with E-state index in [0.29, 0.717) is 27.8 Å². The quantitative estimate of drug-likeness (QED) is 0.247. The van der Waals surface area contributed by atoms with Gasteiger partial charge in [-0.2, -0.15) is 5.10 Å². The molecule has 0 spiro atoms. The molecule has 9 heteroatoms. The van der Waals surface area contributed by atoms with Crippen molar-refractivity contribution in [3.05, 3.63) is 76.2 Å². The number of benzene rings is 2. The van der Waals surface area contributed by atoms with Crippen molar-refractivity contribution in [2.75, 3.05) is 13.7 Å². The highest BCUT2D eigenvalue weighted by atomic mass is 35.5. The van der Waals surface area contributed by atoms with Gasteiger partial charge in [0.25, 0.3) is 0 Å². The molecule has 0 saturated carbocycles. The molecule has 2 aromatic carbocycles. The first-order chi connectivity index (χ1) is 16.0. The number of nitrogens with zero attached hydrogens (tertiary/aromatic N) is 4. The highest BCUT2D eigenvalue weighted by molar-refractivity contribution is 7.98. The van der Waals surface area contributed by atoms with Gasteiger partial charge >= 0.3 is 5.97 Å². The van der Waals surface area contributed by atoms with Crippen molar-refractivity contribution in [3.8, 4) is 11.1 Å². The molecule has 2 heterocycles. The number of halogens is 1. The molecule has 0 aliphatic heterocycles. The van der Waals surface area contributed by atoms with Gasteiger partial charge in [0.1, 0.15) is 0 Å². The third-order valence-electron chi connectivity index (χ3n) is 4.99. The summed E-state index contributed by atoms with van der Waals surface area (Å²) in [5, 5.41) is 14.0. The minimum absolute atomic E-state index is 0.151. The molecule has 0 atom stereocenters. The first-order valence-corrected chi connectivity index (χ1v) is 11.8. The zero-order chi connectivity index (χ0) is 23.4. The summed E-state index contributed by atoms with van der Waals surface area (Å²) < 4.78 is 12.3. The van der Waals surface area contributed by atoms with Crippen LogP contribution in [0.2, 0.25) is 5.02 Å². The molecule has 2 aromatic heterocycles. The van der Waals surface area contributed by atoms with E-state index in [9.17, 15) is 4.79 Å². The Morgan fingerprint density at radius 3 is 2.48 bits per heavy atom. The Hall–Kier alpha value is -2.94. The highest BCUT2D eigenvalue weighted by Crippen LogP contribution is 2.32. The molecule has 0 unspecified atom stereocenters. The van der Waals surface area contributed by atoms with Crippen LogP contribution in [-0.2, 0) is 21.8 Å². The number of aryl methyl sites for hydroxylation is 1. The lowest BCUT2D eigenvalue weighted by molar-refractivity contribution is 0.0516. The average Bonchev–Trinajstić information content (AvgIpc) is 3.17. The number of methoxy groups -OCH3 is 1. The Kier molecular flexibility index (Phi) is 7.27. The number of rotatable bonds is 8. The Balaban J connectivity index is 1.86. The van der Waals surface area contributed by atoms with E-state index in [2.05, 4.69) is 34.5 Å². The number of hydrogen-bond donors (Lipinski definition) is 0. The van der Waals surface area contributed by atoms with Gasteiger partial charge in [-0.15, -0.1) is 22.0 Å². The third-order valence-corrected chi connectivity index (χ3v) is 6.26. The average molecular weight is 483 g/mol. The van der Waals surface area contributed by atoms with E-state index in [4.69, 9.17) is 26.2 Å². The molecule has 0 radical (unpaired) electrons. The van der Waals surface area contributed by atoms with Gasteiger partial charge in [-0.1, -0.05) is 41.4 Å². The minimum atomic E-state index is -0.525. The van der Waals surface area contributed by atoms with Gasteiger partial charge < -0.3 is 9.47 Å². The summed E-state index contributed by atoms with van der Waals surface area (Å²) in [5.41, 5.74) is 4.85. The number of hydrogen-bond acceptors (Lipinski definition) is 7. The normalized spacial score (nSPS) is 11.2. The molecule has 7 nitrogen and oxygen atoms in total. The van der Waals surface area contributed by atoms with Gasteiger partial charge in [0.05, 0.1) is 30.2 Å². The summed E-state index contributed by atoms with van der Waals surface area (Å²) in [6, 6.07) is 15.6. The standard InChI is InChI=1S/C24H23ClN4O3S/c1-4-32-24(30)22-20(14-33-18-11-5-15(2)6-12-18)29-23(27-26-22)21(19(28-29)13-31-3)16-7-9-17(25)10-8-16/h5-12H,4,13-14H2,1-3H3. The van der Waals surface area contributed by atoms with Crippen molar-refractivity contribution < 1.29 is 14.3 Å². The first kappa shape index (κ1) is 23.2. The second kappa shape index (κ2) is 10.3. The van der Waals surface area contributed by atoms with Crippen LogP contribution in [0.25, 0.3) is 16.8 Å².